The van der Waals surface area contributed by atoms with Gasteiger partial charge in [-0.25, -0.2) is 9.37 Å². The Morgan fingerprint density at radius 1 is 1.29 bits per heavy atom. The molecule has 0 unspecified atom stereocenters. The number of nitrogens with zero attached hydrogens (tertiary/aromatic N) is 2. The molecule has 0 aliphatic carbocycles. The Morgan fingerprint density at radius 2 is 2.13 bits per heavy atom. The third-order valence-corrected chi connectivity index (χ3v) is 6.49. The number of hydrogen-bond donors (Lipinski definition) is 2. The second-order valence-electron chi connectivity index (χ2n) is 8.10. The summed E-state index contributed by atoms with van der Waals surface area (Å²) in [6.45, 7) is 2.20. The fourth-order valence-electron chi connectivity index (χ4n) is 4.21. The Hall–Kier alpha value is -1.91. The minimum absolute atomic E-state index is 0.0883. The van der Waals surface area contributed by atoms with Gasteiger partial charge < -0.3 is 19.9 Å². The van der Waals surface area contributed by atoms with Gasteiger partial charge in [0.1, 0.15) is 10.8 Å². The first-order valence-corrected chi connectivity index (χ1v) is 11.5. The maximum Gasteiger partial charge on any atom is 0.222 e. The van der Waals surface area contributed by atoms with Crippen LogP contribution in [-0.2, 0) is 27.4 Å². The third-order valence-electron chi connectivity index (χ3n) is 5.73. The molecule has 0 bridgehead atoms. The molecule has 0 saturated carbocycles. The number of nitrogens with one attached hydrogen (secondary N) is 1. The quantitative estimate of drug-likeness (QED) is 0.703. The molecule has 0 radical (unpaired) electrons. The second kappa shape index (κ2) is 10.6. The molecule has 1 amide bonds. The topological polar surface area (TPSA) is 83.9 Å². The number of fused-ring (bicyclic) bond motifs is 1. The lowest BCUT2D eigenvalue weighted by Gasteiger charge is -2.44. The predicted octanol–water partition coefficient (Wildman–Crippen LogP) is 2.10. The van der Waals surface area contributed by atoms with E-state index in [0.717, 1.165) is 23.4 Å². The first kappa shape index (κ1) is 22.3. The molecule has 9 heteroatoms. The van der Waals surface area contributed by atoms with E-state index in [2.05, 4.69) is 15.2 Å². The Balaban J connectivity index is 1.31. The summed E-state index contributed by atoms with van der Waals surface area (Å²) in [5.41, 5.74) is 0.851. The van der Waals surface area contributed by atoms with Crippen molar-refractivity contribution in [1.29, 1.82) is 0 Å². The van der Waals surface area contributed by atoms with Crippen LogP contribution in [0, 0.1) is 5.82 Å². The van der Waals surface area contributed by atoms with E-state index in [0.29, 0.717) is 26.2 Å². The van der Waals surface area contributed by atoms with Gasteiger partial charge in [0, 0.05) is 30.7 Å². The van der Waals surface area contributed by atoms with E-state index >= 15 is 0 Å². The summed E-state index contributed by atoms with van der Waals surface area (Å²) in [5, 5.41) is 16.1. The van der Waals surface area contributed by atoms with Crippen molar-refractivity contribution in [2.45, 2.75) is 56.7 Å². The highest BCUT2D eigenvalue weighted by molar-refractivity contribution is 7.09. The van der Waals surface area contributed by atoms with Crippen molar-refractivity contribution in [2.75, 3.05) is 19.8 Å². The van der Waals surface area contributed by atoms with Crippen molar-refractivity contribution in [3.8, 4) is 0 Å². The molecule has 3 heterocycles. The monoisotopic (exact) mass is 449 g/mol. The largest absolute Gasteiger partial charge is 0.389 e. The molecule has 7 nitrogen and oxygen atoms in total. The van der Waals surface area contributed by atoms with Gasteiger partial charge in [0.2, 0.25) is 5.91 Å². The molecule has 2 aliphatic heterocycles. The zero-order chi connectivity index (χ0) is 21.6. The average Bonchev–Trinajstić information content (AvgIpc) is 3.25. The molecular formula is C22H28FN3O4S. The molecule has 2 N–H and O–H groups in total. The summed E-state index contributed by atoms with van der Waals surface area (Å²) in [6, 6.07) is 6.20. The number of β-amino-alcohol motifs (C(OH)–C–C–N with tert-alkyl or cyclic N) is 1. The van der Waals surface area contributed by atoms with E-state index in [1.54, 1.807) is 29.7 Å². The number of amides is 1. The van der Waals surface area contributed by atoms with E-state index < -0.39 is 6.10 Å². The second-order valence-corrected chi connectivity index (χ2v) is 9.07. The van der Waals surface area contributed by atoms with Crippen LogP contribution in [0.2, 0.25) is 0 Å². The molecule has 1 aromatic carbocycles. The smallest absolute Gasteiger partial charge is 0.222 e. The molecule has 2 fully saturated rings. The summed E-state index contributed by atoms with van der Waals surface area (Å²) in [5.74, 6) is -0.382. The predicted molar refractivity (Wildman–Crippen MR) is 114 cm³/mol. The van der Waals surface area contributed by atoms with Crippen LogP contribution in [0.4, 0.5) is 4.39 Å². The summed E-state index contributed by atoms with van der Waals surface area (Å²) < 4.78 is 24.9. The van der Waals surface area contributed by atoms with E-state index in [1.807, 2.05) is 5.38 Å². The number of aliphatic hydroxyl groups is 1. The molecule has 31 heavy (non-hydrogen) atoms. The molecule has 2 saturated heterocycles. The van der Waals surface area contributed by atoms with Crippen LogP contribution in [0.1, 0.15) is 29.8 Å². The first-order valence-electron chi connectivity index (χ1n) is 10.6. The van der Waals surface area contributed by atoms with Gasteiger partial charge in [-0.1, -0.05) is 12.1 Å². The zero-order valence-electron chi connectivity index (χ0n) is 17.3. The van der Waals surface area contributed by atoms with Gasteiger partial charge in [0.15, 0.2) is 0 Å². The summed E-state index contributed by atoms with van der Waals surface area (Å²) >= 11 is 1.60. The van der Waals surface area contributed by atoms with Crippen LogP contribution in [0.25, 0.3) is 0 Å². The van der Waals surface area contributed by atoms with Crippen molar-refractivity contribution in [2.24, 2.45) is 0 Å². The summed E-state index contributed by atoms with van der Waals surface area (Å²) in [7, 11) is 0. The highest BCUT2D eigenvalue weighted by atomic mass is 32.1. The number of halogens is 1. The number of rotatable bonds is 6. The average molecular weight is 450 g/mol. The summed E-state index contributed by atoms with van der Waals surface area (Å²) in [6.07, 6.45) is 2.81. The SMILES string of the molecule is O=C(C[C@H]1CC[C@@H]2[C@H](COC[C@H](O)CN2Cc2nccs2)O1)NCc1ccc(F)cc1. The minimum Gasteiger partial charge on any atom is -0.389 e. The van der Waals surface area contributed by atoms with Crippen molar-refractivity contribution in [1.82, 2.24) is 15.2 Å². The van der Waals surface area contributed by atoms with Crippen molar-refractivity contribution in [3.63, 3.8) is 0 Å². The number of benzene rings is 1. The lowest BCUT2D eigenvalue weighted by atomic mass is 9.94. The van der Waals surface area contributed by atoms with Crippen LogP contribution < -0.4 is 5.32 Å². The van der Waals surface area contributed by atoms with Crippen LogP contribution >= 0.6 is 11.3 Å². The molecule has 2 aromatic rings. The molecule has 1 aromatic heterocycles. The number of aromatic nitrogens is 1. The van der Waals surface area contributed by atoms with Gasteiger partial charge in [-0.2, -0.15) is 0 Å². The Morgan fingerprint density at radius 3 is 2.90 bits per heavy atom. The van der Waals surface area contributed by atoms with Gasteiger partial charge >= 0.3 is 0 Å². The van der Waals surface area contributed by atoms with E-state index in [-0.39, 0.29) is 43.0 Å². The molecule has 4 rings (SSSR count). The molecular weight excluding hydrogens is 421 g/mol. The molecule has 168 valence electrons. The van der Waals surface area contributed by atoms with E-state index in [1.165, 1.54) is 12.1 Å². The number of ether oxygens (including phenoxy) is 2. The van der Waals surface area contributed by atoms with Crippen LogP contribution in [0.3, 0.4) is 0 Å². The number of carbonyl (C=O) groups excluding carboxylic acids is 1. The van der Waals surface area contributed by atoms with Crippen LogP contribution in [0.15, 0.2) is 35.8 Å². The third kappa shape index (κ3) is 6.30. The Bertz CT molecular complexity index is 836. The maximum absolute atomic E-state index is 13.0. The lowest BCUT2D eigenvalue weighted by molar-refractivity contribution is -0.158. The molecule has 4 atom stereocenters. The van der Waals surface area contributed by atoms with Crippen molar-refractivity contribution >= 4 is 17.2 Å². The van der Waals surface area contributed by atoms with E-state index in [4.69, 9.17) is 9.47 Å². The van der Waals surface area contributed by atoms with Gasteiger partial charge in [0.05, 0.1) is 44.5 Å². The van der Waals surface area contributed by atoms with Gasteiger partial charge in [-0.05, 0) is 30.5 Å². The Labute approximate surface area is 185 Å². The van der Waals surface area contributed by atoms with Crippen LogP contribution in [-0.4, -0.2) is 65.0 Å². The first-order chi connectivity index (χ1) is 15.1. The standard InChI is InChI=1S/C22H28FN3O4S/c23-16-3-1-15(2-4-16)10-25-21(28)9-18-5-6-19-20(30-18)14-29-13-17(27)11-26(19)12-22-24-7-8-31-22/h1-4,7-8,17-20,27H,5-6,9-14H2,(H,25,28)/t17-,18-,19-,20+/m1/s1. The zero-order valence-corrected chi connectivity index (χ0v) is 18.1. The highest BCUT2D eigenvalue weighted by Crippen LogP contribution is 2.29. The summed E-state index contributed by atoms with van der Waals surface area (Å²) in [4.78, 5) is 19.0. The fourth-order valence-corrected chi connectivity index (χ4v) is 4.86. The maximum atomic E-state index is 13.0. The Kier molecular flexibility index (Phi) is 7.62. The van der Waals surface area contributed by atoms with Crippen molar-refractivity contribution in [3.05, 3.63) is 52.2 Å². The number of carbonyl (C=O) groups is 1. The van der Waals surface area contributed by atoms with Gasteiger partial charge in [-0.15, -0.1) is 11.3 Å². The van der Waals surface area contributed by atoms with Gasteiger partial charge in [-0.3, -0.25) is 9.69 Å². The normalized spacial score (nSPS) is 27.2. The number of aliphatic hydroxyl groups excluding tert-OH is 1. The van der Waals surface area contributed by atoms with Gasteiger partial charge in [0.25, 0.3) is 0 Å². The number of thiazole rings is 1. The number of hydrogen-bond acceptors (Lipinski definition) is 7. The lowest BCUT2D eigenvalue weighted by Crippen LogP contribution is -2.55. The minimum atomic E-state index is -0.545. The van der Waals surface area contributed by atoms with Crippen LogP contribution in [0.5, 0.6) is 0 Å². The highest BCUT2D eigenvalue weighted by Gasteiger charge is 2.38. The molecule has 0 spiro atoms. The van der Waals surface area contributed by atoms with E-state index in [9.17, 15) is 14.3 Å². The molecule has 2 aliphatic rings. The fraction of sp³-hybridized carbons (Fsp3) is 0.545. The van der Waals surface area contributed by atoms with Crippen molar-refractivity contribution < 1.29 is 23.8 Å².